The molecule has 11 heteroatoms. The highest BCUT2D eigenvalue weighted by molar-refractivity contribution is 5.95. The summed E-state index contributed by atoms with van der Waals surface area (Å²) in [5.41, 5.74) is 2.86. The number of piperidine rings is 1. The first-order chi connectivity index (χ1) is 17.2. The first-order valence-electron chi connectivity index (χ1n) is 11.6. The highest BCUT2D eigenvalue weighted by Crippen LogP contribution is 2.32. The highest BCUT2D eigenvalue weighted by Gasteiger charge is 2.43. The van der Waals surface area contributed by atoms with Gasteiger partial charge in [0.05, 0.1) is 11.8 Å². The fraction of sp³-hybridized carbons (Fsp3) is 0.400. The number of benzene rings is 2. The van der Waals surface area contributed by atoms with E-state index in [9.17, 15) is 32.8 Å². The summed E-state index contributed by atoms with van der Waals surface area (Å²) < 4.78 is 41.0. The fourth-order valence-electron chi connectivity index (χ4n) is 4.95. The number of hydrogen-bond donors (Lipinski definition) is 2. The first kappa shape index (κ1) is 25.5. The van der Waals surface area contributed by atoms with Gasteiger partial charge in [-0.05, 0) is 42.7 Å². The lowest BCUT2D eigenvalue weighted by Gasteiger charge is -2.38. The molecule has 0 bridgehead atoms. The van der Waals surface area contributed by atoms with Crippen molar-refractivity contribution in [1.29, 1.82) is 0 Å². The number of alkyl halides is 3. The summed E-state index contributed by atoms with van der Waals surface area (Å²) in [6, 6.07) is 14.3. The van der Waals surface area contributed by atoms with Crippen molar-refractivity contribution in [3.8, 4) is 5.75 Å². The largest absolute Gasteiger partial charge is 0.573 e. The number of rotatable bonds is 5. The van der Waals surface area contributed by atoms with Crippen molar-refractivity contribution in [2.45, 2.75) is 25.1 Å². The Morgan fingerprint density at radius 2 is 1.56 bits per heavy atom. The molecule has 0 unspecified atom stereocenters. The Hall–Kier alpha value is -3.60. The van der Waals surface area contributed by atoms with E-state index in [2.05, 4.69) is 4.74 Å². The van der Waals surface area contributed by atoms with Crippen LogP contribution >= 0.6 is 0 Å². The zero-order chi connectivity index (χ0) is 25.9. The Morgan fingerprint density at radius 3 is 2.19 bits per heavy atom. The summed E-state index contributed by atoms with van der Waals surface area (Å²) in [5.74, 6) is -3.39. The number of carbonyl (C=O) groups excluding carboxylic acids is 3. The monoisotopic (exact) mass is 505 g/mol. The third-order valence-corrected chi connectivity index (χ3v) is 6.77. The Bertz CT molecular complexity index is 1090. The molecule has 2 aliphatic rings. The van der Waals surface area contributed by atoms with Crippen LogP contribution < -0.4 is 10.2 Å². The van der Waals surface area contributed by atoms with Crippen molar-refractivity contribution in [1.82, 2.24) is 15.3 Å². The maximum Gasteiger partial charge on any atom is 0.573 e. The van der Waals surface area contributed by atoms with E-state index < -0.39 is 35.8 Å². The third-order valence-electron chi connectivity index (χ3n) is 6.77. The molecule has 2 N–H and O–H groups in total. The minimum absolute atomic E-state index is 0.113. The molecule has 2 heterocycles. The van der Waals surface area contributed by atoms with Crippen LogP contribution in [0.2, 0.25) is 0 Å². The molecule has 3 amide bonds. The maximum absolute atomic E-state index is 13.4. The predicted octanol–water partition coefficient (Wildman–Crippen LogP) is 3.19. The van der Waals surface area contributed by atoms with Gasteiger partial charge in [-0.3, -0.25) is 19.6 Å². The van der Waals surface area contributed by atoms with Gasteiger partial charge in [0, 0.05) is 37.7 Å². The number of hydroxylamine groups is 1. The van der Waals surface area contributed by atoms with Gasteiger partial charge >= 0.3 is 6.36 Å². The molecule has 3 atom stereocenters. The van der Waals surface area contributed by atoms with Crippen molar-refractivity contribution < 1.29 is 37.5 Å². The van der Waals surface area contributed by atoms with Gasteiger partial charge in [0.15, 0.2) is 0 Å². The van der Waals surface area contributed by atoms with E-state index in [-0.39, 0.29) is 36.9 Å². The molecular weight excluding hydrogens is 479 g/mol. The smallest absolute Gasteiger partial charge is 0.406 e. The molecule has 0 aromatic heterocycles. The average molecular weight is 505 g/mol. The number of hydrogen-bond acceptors (Lipinski definition) is 5. The van der Waals surface area contributed by atoms with Crippen molar-refractivity contribution in [2.75, 3.05) is 26.2 Å². The van der Waals surface area contributed by atoms with Gasteiger partial charge in [-0.2, -0.15) is 0 Å². The van der Waals surface area contributed by atoms with E-state index in [4.69, 9.17) is 0 Å². The Morgan fingerprint density at radius 1 is 0.889 bits per heavy atom. The van der Waals surface area contributed by atoms with Gasteiger partial charge in [-0.25, -0.2) is 5.48 Å². The summed E-state index contributed by atoms with van der Waals surface area (Å²) in [6.07, 6.45) is -3.83. The van der Waals surface area contributed by atoms with Gasteiger partial charge in [0.2, 0.25) is 11.8 Å². The molecular formula is C25H26F3N3O5. The minimum Gasteiger partial charge on any atom is -0.406 e. The zero-order valence-electron chi connectivity index (χ0n) is 19.3. The van der Waals surface area contributed by atoms with Crippen LogP contribution in [0.5, 0.6) is 5.75 Å². The number of ether oxygens (including phenoxy) is 1. The van der Waals surface area contributed by atoms with Crippen molar-refractivity contribution in [3.05, 3.63) is 65.7 Å². The van der Waals surface area contributed by atoms with Crippen molar-refractivity contribution in [2.24, 2.45) is 11.8 Å². The number of nitrogens with zero attached hydrogens (tertiary/aromatic N) is 2. The molecule has 2 aromatic rings. The van der Waals surface area contributed by atoms with Gasteiger partial charge in [0.25, 0.3) is 5.91 Å². The van der Waals surface area contributed by atoms with Crippen LogP contribution in [0.15, 0.2) is 54.6 Å². The van der Waals surface area contributed by atoms with E-state index in [1.165, 1.54) is 17.0 Å². The van der Waals surface area contributed by atoms with Gasteiger partial charge in [0.1, 0.15) is 5.75 Å². The molecule has 2 aromatic carbocycles. The quantitative estimate of drug-likeness (QED) is 0.481. The van der Waals surface area contributed by atoms with E-state index in [0.717, 1.165) is 24.1 Å². The van der Waals surface area contributed by atoms with Crippen LogP contribution in [0, 0.1) is 11.8 Å². The molecule has 0 aliphatic carbocycles. The predicted molar refractivity (Wildman–Crippen MR) is 121 cm³/mol. The van der Waals surface area contributed by atoms with E-state index in [1.807, 2.05) is 30.3 Å². The standard InChI is InChI=1S/C25H26F3N3O5/c26-25(27,28)36-19-8-6-17(7-9-19)23(33)31-13-11-20(21(15-31)22(32)29-35)24(34)30-12-10-18(14-30)16-4-2-1-3-5-16/h1-9,18,20-21,35H,10-15H2,(H,29,32)/t18-,20+,21+/m1/s1. The fourth-order valence-corrected chi connectivity index (χ4v) is 4.95. The maximum atomic E-state index is 13.4. The normalized spacial score (nSPS) is 22.3. The van der Waals surface area contributed by atoms with Gasteiger partial charge in [-0.15, -0.1) is 13.2 Å². The molecule has 0 radical (unpaired) electrons. The van der Waals surface area contributed by atoms with E-state index in [0.29, 0.717) is 13.1 Å². The van der Waals surface area contributed by atoms with Gasteiger partial charge in [-0.1, -0.05) is 30.3 Å². The summed E-state index contributed by atoms with van der Waals surface area (Å²) in [7, 11) is 0. The summed E-state index contributed by atoms with van der Waals surface area (Å²) in [6.45, 7) is 1.15. The number of likely N-dealkylation sites (tertiary alicyclic amines) is 2. The lowest BCUT2D eigenvalue weighted by molar-refractivity contribution is -0.274. The molecule has 8 nitrogen and oxygen atoms in total. The van der Waals surface area contributed by atoms with Crippen LogP contribution in [-0.2, 0) is 9.59 Å². The van der Waals surface area contributed by atoms with Crippen LogP contribution in [-0.4, -0.2) is 65.3 Å². The number of halogens is 3. The number of carbonyl (C=O) groups is 3. The Kier molecular flexibility index (Phi) is 7.48. The molecule has 0 spiro atoms. The number of nitrogens with one attached hydrogen (secondary N) is 1. The molecule has 4 rings (SSSR count). The summed E-state index contributed by atoms with van der Waals surface area (Å²) in [5, 5.41) is 9.27. The van der Waals surface area contributed by atoms with Crippen molar-refractivity contribution >= 4 is 17.7 Å². The molecule has 192 valence electrons. The second-order valence-electron chi connectivity index (χ2n) is 8.98. The summed E-state index contributed by atoms with van der Waals surface area (Å²) in [4.78, 5) is 41.9. The SMILES string of the molecule is O=C(NO)[C@H]1CN(C(=O)c2ccc(OC(F)(F)F)cc2)CC[C@@H]1C(=O)N1CC[C@@H](c2ccccc2)C1. The topological polar surface area (TPSA) is 99.2 Å². The molecule has 2 saturated heterocycles. The first-order valence-corrected chi connectivity index (χ1v) is 11.6. The van der Waals surface area contributed by atoms with Gasteiger partial charge < -0.3 is 14.5 Å². The van der Waals surface area contributed by atoms with Crippen molar-refractivity contribution in [3.63, 3.8) is 0 Å². The Labute approximate surface area is 205 Å². The second-order valence-corrected chi connectivity index (χ2v) is 8.98. The Balaban J connectivity index is 1.43. The van der Waals surface area contributed by atoms with Crippen LogP contribution in [0.4, 0.5) is 13.2 Å². The van der Waals surface area contributed by atoms with E-state index in [1.54, 1.807) is 10.4 Å². The van der Waals surface area contributed by atoms with E-state index >= 15 is 0 Å². The lowest BCUT2D eigenvalue weighted by atomic mass is 9.83. The van der Waals surface area contributed by atoms with Crippen LogP contribution in [0.3, 0.4) is 0 Å². The second kappa shape index (κ2) is 10.6. The third kappa shape index (κ3) is 5.78. The minimum atomic E-state index is -4.85. The highest BCUT2D eigenvalue weighted by atomic mass is 19.4. The lowest BCUT2D eigenvalue weighted by Crippen LogP contribution is -2.53. The number of amides is 3. The molecule has 36 heavy (non-hydrogen) atoms. The zero-order valence-corrected chi connectivity index (χ0v) is 19.3. The van der Waals surface area contributed by atoms with Crippen LogP contribution in [0.25, 0.3) is 0 Å². The molecule has 2 aliphatic heterocycles. The summed E-state index contributed by atoms with van der Waals surface area (Å²) >= 11 is 0. The molecule has 0 saturated carbocycles. The molecule has 2 fully saturated rings. The van der Waals surface area contributed by atoms with Crippen LogP contribution in [0.1, 0.15) is 34.7 Å². The average Bonchev–Trinajstić information content (AvgIpc) is 3.37.